The van der Waals surface area contributed by atoms with Gasteiger partial charge < -0.3 is 5.32 Å². The van der Waals surface area contributed by atoms with Gasteiger partial charge in [0.15, 0.2) is 5.82 Å². The van der Waals surface area contributed by atoms with Crippen molar-refractivity contribution in [1.29, 1.82) is 0 Å². The first-order valence-corrected chi connectivity index (χ1v) is 7.35. The van der Waals surface area contributed by atoms with Crippen LogP contribution in [0, 0.1) is 0 Å². The molecule has 2 heterocycles. The molecular formula is C18H12ClN3. The SMILES string of the molecule is Clc1ccc(C2=Nc3cccnc3Nc3ccccc32)cc1. The lowest BCUT2D eigenvalue weighted by Crippen LogP contribution is -2.04. The molecule has 0 saturated carbocycles. The molecule has 1 aliphatic rings. The van der Waals surface area contributed by atoms with Gasteiger partial charge in [-0.25, -0.2) is 9.98 Å². The Labute approximate surface area is 133 Å². The molecule has 2 aromatic carbocycles. The second kappa shape index (κ2) is 5.28. The number of nitrogens with one attached hydrogen (secondary N) is 1. The minimum atomic E-state index is 0.714. The Morgan fingerprint density at radius 3 is 2.55 bits per heavy atom. The normalized spacial score (nSPS) is 12.5. The first-order chi connectivity index (χ1) is 10.8. The molecule has 0 spiro atoms. The maximum Gasteiger partial charge on any atom is 0.156 e. The third-order valence-electron chi connectivity index (χ3n) is 3.57. The van der Waals surface area contributed by atoms with Crippen molar-refractivity contribution < 1.29 is 0 Å². The van der Waals surface area contributed by atoms with Crippen molar-refractivity contribution in [2.24, 2.45) is 4.99 Å². The van der Waals surface area contributed by atoms with E-state index in [4.69, 9.17) is 16.6 Å². The molecule has 1 aromatic heterocycles. The lowest BCUT2D eigenvalue weighted by atomic mass is 10.0. The number of aromatic nitrogens is 1. The molecule has 22 heavy (non-hydrogen) atoms. The largest absolute Gasteiger partial charge is 0.338 e. The van der Waals surface area contributed by atoms with E-state index in [0.29, 0.717) is 5.02 Å². The van der Waals surface area contributed by atoms with E-state index in [0.717, 1.165) is 34.0 Å². The summed E-state index contributed by atoms with van der Waals surface area (Å²) in [5.74, 6) is 0.763. The van der Waals surface area contributed by atoms with E-state index in [1.54, 1.807) is 6.20 Å². The Bertz CT molecular complexity index is 870. The van der Waals surface area contributed by atoms with Gasteiger partial charge in [-0.05, 0) is 30.3 Å². The summed E-state index contributed by atoms with van der Waals surface area (Å²) in [6.45, 7) is 0. The number of pyridine rings is 1. The number of halogens is 1. The van der Waals surface area contributed by atoms with E-state index in [1.807, 2.05) is 54.6 Å². The van der Waals surface area contributed by atoms with Gasteiger partial charge in [0.25, 0.3) is 0 Å². The number of benzene rings is 2. The molecule has 0 aliphatic carbocycles. The van der Waals surface area contributed by atoms with Gasteiger partial charge in [-0.1, -0.05) is 41.9 Å². The Kier molecular flexibility index (Phi) is 3.13. The minimum Gasteiger partial charge on any atom is -0.338 e. The molecule has 0 amide bonds. The van der Waals surface area contributed by atoms with Crippen molar-refractivity contribution in [3.05, 3.63) is 83.0 Å². The fraction of sp³-hybridized carbons (Fsp3) is 0. The maximum atomic E-state index is 6.00. The summed E-state index contributed by atoms with van der Waals surface area (Å²) >= 11 is 6.00. The Balaban J connectivity index is 1.98. The Hall–Kier alpha value is -2.65. The highest BCUT2D eigenvalue weighted by molar-refractivity contribution is 6.30. The first kappa shape index (κ1) is 13.0. The molecule has 0 radical (unpaired) electrons. The van der Waals surface area contributed by atoms with Crippen molar-refractivity contribution >= 4 is 34.5 Å². The summed E-state index contributed by atoms with van der Waals surface area (Å²) < 4.78 is 0. The number of hydrogen-bond donors (Lipinski definition) is 1. The molecule has 0 atom stereocenters. The van der Waals surface area contributed by atoms with Crippen molar-refractivity contribution in [2.75, 3.05) is 5.32 Å². The van der Waals surface area contributed by atoms with E-state index < -0.39 is 0 Å². The van der Waals surface area contributed by atoms with E-state index in [2.05, 4.69) is 16.4 Å². The van der Waals surface area contributed by atoms with Gasteiger partial charge in [0.1, 0.15) is 5.69 Å². The second-order valence-electron chi connectivity index (χ2n) is 5.01. The first-order valence-electron chi connectivity index (χ1n) is 6.97. The van der Waals surface area contributed by atoms with Crippen molar-refractivity contribution in [3.63, 3.8) is 0 Å². The number of nitrogens with zero attached hydrogens (tertiary/aromatic N) is 2. The van der Waals surface area contributed by atoms with Crippen LogP contribution in [0.5, 0.6) is 0 Å². The molecule has 0 fully saturated rings. The standard InChI is InChI=1S/C18H12ClN3/c19-13-9-7-12(8-10-13)17-14-4-1-2-5-15(14)22-18-16(21-17)6-3-11-20-18/h1-11H,(H,20,22). The number of anilines is 2. The van der Waals surface area contributed by atoms with Crippen LogP contribution in [0.15, 0.2) is 71.9 Å². The third kappa shape index (κ3) is 2.26. The number of hydrogen-bond acceptors (Lipinski definition) is 3. The lowest BCUT2D eigenvalue weighted by molar-refractivity contribution is 1.30. The van der Waals surface area contributed by atoms with E-state index in [-0.39, 0.29) is 0 Å². The van der Waals surface area contributed by atoms with E-state index in [1.165, 1.54) is 0 Å². The zero-order valence-corrected chi connectivity index (χ0v) is 12.4. The molecule has 0 saturated heterocycles. The van der Waals surface area contributed by atoms with Gasteiger partial charge >= 0.3 is 0 Å². The van der Waals surface area contributed by atoms with Crippen LogP contribution in [-0.4, -0.2) is 10.7 Å². The summed E-state index contributed by atoms with van der Waals surface area (Å²) in [7, 11) is 0. The fourth-order valence-electron chi connectivity index (χ4n) is 2.52. The zero-order chi connectivity index (χ0) is 14.9. The molecule has 3 nitrogen and oxygen atoms in total. The predicted molar refractivity (Wildman–Crippen MR) is 90.7 cm³/mol. The number of aliphatic imine (C=N–C) groups is 1. The van der Waals surface area contributed by atoms with Crippen LogP contribution in [0.4, 0.5) is 17.2 Å². The van der Waals surface area contributed by atoms with Crippen LogP contribution < -0.4 is 5.32 Å². The second-order valence-corrected chi connectivity index (χ2v) is 5.45. The van der Waals surface area contributed by atoms with Crippen LogP contribution in [0.2, 0.25) is 5.02 Å². The maximum absolute atomic E-state index is 6.00. The fourth-order valence-corrected chi connectivity index (χ4v) is 2.64. The average Bonchev–Trinajstić information content (AvgIpc) is 2.72. The molecule has 3 aromatic rings. The van der Waals surface area contributed by atoms with Crippen LogP contribution in [0.3, 0.4) is 0 Å². The van der Waals surface area contributed by atoms with Crippen molar-refractivity contribution in [3.8, 4) is 0 Å². The van der Waals surface area contributed by atoms with Crippen LogP contribution in [0.1, 0.15) is 11.1 Å². The van der Waals surface area contributed by atoms with Gasteiger partial charge in [0.2, 0.25) is 0 Å². The van der Waals surface area contributed by atoms with Gasteiger partial charge in [-0.3, -0.25) is 0 Å². The Morgan fingerprint density at radius 2 is 1.68 bits per heavy atom. The van der Waals surface area contributed by atoms with Gasteiger partial charge in [-0.2, -0.15) is 0 Å². The summed E-state index contributed by atoms with van der Waals surface area (Å²) in [5.41, 5.74) is 4.79. The number of rotatable bonds is 1. The minimum absolute atomic E-state index is 0.714. The summed E-state index contributed by atoms with van der Waals surface area (Å²) in [6, 6.07) is 19.7. The predicted octanol–water partition coefficient (Wildman–Crippen LogP) is 4.96. The Morgan fingerprint density at radius 1 is 0.864 bits per heavy atom. The topological polar surface area (TPSA) is 37.3 Å². The molecule has 106 valence electrons. The molecule has 1 N–H and O–H groups in total. The van der Waals surface area contributed by atoms with Crippen LogP contribution in [0.25, 0.3) is 0 Å². The molecule has 1 aliphatic heterocycles. The number of para-hydroxylation sites is 1. The summed E-state index contributed by atoms with van der Waals surface area (Å²) in [5, 5.41) is 4.08. The van der Waals surface area contributed by atoms with Gasteiger partial charge in [0, 0.05) is 28.0 Å². The van der Waals surface area contributed by atoms with Crippen molar-refractivity contribution in [1.82, 2.24) is 4.98 Å². The number of fused-ring (bicyclic) bond motifs is 2. The van der Waals surface area contributed by atoms with Gasteiger partial charge in [-0.15, -0.1) is 0 Å². The molecular weight excluding hydrogens is 294 g/mol. The lowest BCUT2D eigenvalue weighted by Gasteiger charge is -2.10. The smallest absolute Gasteiger partial charge is 0.156 e. The van der Waals surface area contributed by atoms with Gasteiger partial charge in [0.05, 0.1) is 5.71 Å². The van der Waals surface area contributed by atoms with Crippen LogP contribution >= 0.6 is 11.6 Å². The summed E-state index contributed by atoms with van der Waals surface area (Å²) in [4.78, 5) is 9.21. The zero-order valence-electron chi connectivity index (χ0n) is 11.6. The van der Waals surface area contributed by atoms with Crippen LogP contribution in [-0.2, 0) is 0 Å². The third-order valence-corrected chi connectivity index (χ3v) is 3.82. The molecule has 0 bridgehead atoms. The highest BCUT2D eigenvalue weighted by Crippen LogP contribution is 2.33. The molecule has 4 heteroatoms. The molecule has 4 rings (SSSR count). The van der Waals surface area contributed by atoms with E-state index in [9.17, 15) is 0 Å². The van der Waals surface area contributed by atoms with Crippen molar-refractivity contribution in [2.45, 2.75) is 0 Å². The monoisotopic (exact) mass is 305 g/mol. The highest BCUT2D eigenvalue weighted by atomic mass is 35.5. The van der Waals surface area contributed by atoms with E-state index >= 15 is 0 Å². The highest BCUT2D eigenvalue weighted by Gasteiger charge is 2.17. The quantitative estimate of drug-likeness (QED) is 0.539. The average molecular weight is 306 g/mol. The molecule has 0 unspecified atom stereocenters. The summed E-state index contributed by atoms with van der Waals surface area (Å²) in [6.07, 6.45) is 1.76.